The lowest BCUT2D eigenvalue weighted by Gasteiger charge is -2.13. The molecule has 1 aromatic carbocycles. The van der Waals surface area contributed by atoms with Crippen LogP contribution in [-0.4, -0.2) is 36.2 Å². The van der Waals surface area contributed by atoms with Crippen molar-refractivity contribution in [3.05, 3.63) is 65.6 Å². The molecule has 1 aliphatic heterocycles. The van der Waals surface area contributed by atoms with Gasteiger partial charge in [-0.2, -0.15) is 5.26 Å². The van der Waals surface area contributed by atoms with Crippen molar-refractivity contribution in [2.24, 2.45) is 0 Å². The summed E-state index contributed by atoms with van der Waals surface area (Å²) in [6, 6.07) is 7.15. The molecule has 30 heavy (non-hydrogen) atoms. The fourth-order valence-electron chi connectivity index (χ4n) is 3.77. The lowest BCUT2D eigenvalue weighted by molar-refractivity contribution is 0.356. The zero-order valence-corrected chi connectivity index (χ0v) is 18.2. The van der Waals surface area contributed by atoms with Crippen LogP contribution in [0, 0.1) is 17.1 Å². The summed E-state index contributed by atoms with van der Waals surface area (Å²) in [5, 5.41) is 13.7. The maximum absolute atomic E-state index is 14.5. The van der Waals surface area contributed by atoms with Gasteiger partial charge in [0.15, 0.2) is 11.3 Å². The Bertz CT molecular complexity index is 1330. The van der Waals surface area contributed by atoms with Crippen LogP contribution < -0.4 is 15.2 Å². The SMILES string of the molecule is N#Cc1cn2c(NCc3c(F)ccc4c3CCO4)ncc(-c3cnccc3[SiH3])c2n1. The molecule has 1 aliphatic rings. The number of nitrogens with zero attached hydrogens (tertiary/aromatic N) is 5. The average Bonchev–Trinajstić information content (AvgIpc) is 3.40. The van der Waals surface area contributed by atoms with Crippen molar-refractivity contribution in [2.75, 3.05) is 11.9 Å². The first-order valence-electron chi connectivity index (χ1n) is 9.52. The number of aromatic nitrogens is 4. The lowest BCUT2D eigenvalue weighted by atomic mass is 10.0. The maximum Gasteiger partial charge on any atom is 0.208 e. The number of halogens is 1. The van der Waals surface area contributed by atoms with Gasteiger partial charge in [-0.15, -0.1) is 0 Å². The van der Waals surface area contributed by atoms with Crippen LogP contribution in [0.25, 0.3) is 16.8 Å². The van der Waals surface area contributed by atoms with E-state index in [1.54, 1.807) is 35.3 Å². The van der Waals surface area contributed by atoms with Crippen LogP contribution in [0.1, 0.15) is 16.8 Å². The Balaban J connectivity index is 1.56. The van der Waals surface area contributed by atoms with E-state index >= 15 is 0 Å². The number of nitrogens with one attached hydrogen (secondary N) is 1. The molecule has 0 spiro atoms. The van der Waals surface area contributed by atoms with E-state index in [0.717, 1.165) is 37.9 Å². The van der Waals surface area contributed by atoms with E-state index in [1.165, 1.54) is 6.07 Å². The largest absolute Gasteiger partial charge is 0.493 e. The van der Waals surface area contributed by atoms with E-state index in [1.807, 2.05) is 6.07 Å². The van der Waals surface area contributed by atoms with Crippen molar-refractivity contribution in [3.63, 3.8) is 0 Å². The molecule has 148 valence electrons. The number of hydrogen-bond donors (Lipinski definition) is 1. The lowest BCUT2D eigenvalue weighted by Crippen LogP contribution is -2.11. The number of pyridine rings is 1. The summed E-state index contributed by atoms with van der Waals surface area (Å²) >= 11 is 0. The van der Waals surface area contributed by atoms with Gasteiger partial charge in [0.2, 0.25) is 5.95 Å². The van der Waals surface area contributed by atoms with E-state index in [9.17, 15) is 9.65 Å². The molecule has 0 aliphatic carbocycles. The summed E-state index contributed by atoms with van der Waals surface area (Å²) in [7, 11) is 0.841. The normalized spacial score (nSPS) is 12.5. The molecular weight excluding hydrogens is 399 g/mol. The Kier molecular flexibility index (Phi) is 4.41. The number of hydrogen-bond acceptors (Lipinski definition) is 6. The van der Waals surface area contributed by atoms with E-state index < -0.39 is 0 Å². The van der Waals surface area contributed by atoms with Crippen molar-refractivity contribution in [3.8, 4) is 22.9 Å². The number of nitriles is 1. The third kappa shape index (κ3) is 2.98. The molecule has 4 heterocycles. The second-order valence-electron chi connectivity index (χ2n) is 7.07. The van der Waals surface area contributed by atoms with Gasteiger partial charge in [-0.1, -0.05) is 5.19 Å². The average molecular weight is 416 g/mol. The highest BCUT2D eigenvalue weighted by Gasteiger charge is 2.20. The highest BCUT2D eigenvalue weighted by atomic mass is 28.1. The smallest absolute Gasteiger partial charge is 0.208 e. The molecule has 4 aromatic rings. The van der Waals surface area contributed by atoms with Gasteiger partial charge in [0, 0.05) is 64.1 Å². The Morgan fingerprint density at radius 1 is 1.27 bits per heavy atom. The molecule has 5 rings (SSSR count). The molecule has 0 bridgehead atoms. The molecule has 7 nitrogen and oxygen atoms in total. The highest BCUT2D eigenvalue weighted by Crippen LogP contribution is 2.31. The molecule has 0 atom stereocenters. The number of benzene rings is 1. The molecule has 1 N–H and O–H groups in total. The molecule has 0 saturated carbocycles. The predicted molar refractivity (Wildman–Crippen MR) is 113 cm³/mol. The van der Waals surface area contributed by atoms with Crippen molar-refractivity contribution in [2.45, 2.75) is 13.0 Å². The van der Waals surface area contributed by atoms with Crippen LogP contribution >= 0.6 is 0 Å². The van der Waals surface area contributed by atoms with Gasteiger partial charge in [-0.3, -0.25) is 9.38 Å². The fraction of sp³-hybridized carbons (Fsp3) is 0.143. The van der Waals surface area contributed by atoms with Crippen LogP contribution in [0.3, 0.4) is 0 Å². The molecule has 0 amide bonds. The van der Waals surface area contributed by atoms with Gasteiger partial charge in [0.25, 0.3) is 0 Å². The number of anilines is 1. The fourth-order valence-corrected chi connectivity index (χ4v) is 4.32. The van der Waals surface area contributed by atoms with Crippen LogP contribution in [0.4, 0.5) is 10.3 Å². The van der Waals surface area contributed by atoms with Crippen molar-refractivity contribution in [1.29, 1.82) is 5.26 Å². The molecule has 0 unspecified atom stereocenters. The molecule has 9 heteroatoms. The first-order valence-corrected chi connectivity index (χ1v) is 10.5. The minimum atomic E-state index is -0.279. The third-order valence-corrected chi connectivity index (χ3v) is 6.17. The number of fused-ring (bicyclic) bond motifs is 2. The van der Waals surface area contributed by atoms with E-state index in [2.05, 4.69) is 26.3 Å². The Morgan fingerprint density at radius 2 is 2.17 bits per heavy atom. The Morgan fingerprint density at radius 3 is 3.00 bits per heavy atom. The second-order valence-corrected chi connectivity index (χ2v) is 8.15. The van der Waals surface area contributed by atoms with Crippen LogP contribution in [0.5, 0.6) is 5.75 Å². The van der Waals surface area contributed by atoms with Crippen molar-refractivity contribution < 1.29 is 9.13 Å². The van der Waals surface area contributed by atoms with Gasteiger partial charge < -0.3 is 10.1 Å². The monoisotopic (exact) mass is 416 g/mol. The third-order valence-electron chi connectivity index (χ3n) is 5.30. The van der Waals surface area contributed by atoms with E-state index in [-0.39, 0.29) is 18.1 Å². The van der Waals surface area contributed by atoms with Gasteiger partial charge in [-0.05, 0) is 18.2 Å². The van der Waals surface area contributed by atoms with E-state index in [0.29, 0.717) is 30.2 Å². The molecule has 0 saturated heterocycles. The molecule has 0 fully saturated rings. The summed E-state index contributed by atoms with van der Waals surface area (Å²) in [5.74, 6) is 0.934. The zero-order valence-electron chi connectivity index (χ0n) is 16.2. The van der Waals surface area contributed by atoms with Gasteiger partial charge in [0.1, 0.15) is 17.6 Å². The van der Waals surface area contributed by atoms with Gasteiger partial charge in [0.05, 0.1) is 12.8 Å². The summed E-state index contributed by atoms with van der Waals surface area (Å²) in [5.41, 5.74) is 4.10. The Labute approximate surface area is 174 Å². The summed E-state index contributed by atoms with van der Waals surface area (Å²) in [6.07, 6.45) is 7.58. The van der Waals surface area contributed by atoms with E-state index in [4.69, 9.17) is 4.74 Å². The highest BCUT2D eigenvalue weighted by molar-refractivity contribution is 6.36. The number of imidazole rings is 1. The first kappa shape index (κ1) is 18.3. The van der Waals surface area contributed by atoms with Crippen molar-refractivity contribution >= 4 is 27.0 Å². The zero-order chi connectivity index (χ0) is 20.7. The molecular formula is C21H17FN6OSi. The first-order chi connectivity index (χ1) is 14.7. The van der Waals surface area contributed by atoms with Crippen molar-refractivity contribution in [1.82, 2.24) is 19.4 Å². The molecule has 0 radical (unpaired) electrons. The summed E-state index contributed by atoms with van der Waals surface area (Å²) < 4.78 is 21.8. The second kappa shape index (κ2) is 7.24. The van der Waals surface area contributed by atoms with Gasteiger partial charge in [-0.25, -0.2) is 14.4 Å². The van der Waals surface area contributed by atoms with Crippen LogP contribution in [0.15, 0.2) is 43.0 Å². The molecule has 3 aromatic heterocycles. The summed E-state index contributed by atoms with van der Waals surface area (Å²) in [6.45, 7) is 0.808. The topological polar surface area (TPSA) is 88.1 Å². The standard InChI is InChI=1S/C21H17FN6OSi/c22-17-1-2-18-13(4-6-29-18)14(17)9-25-21-26-10-16(15-8-24-5-3-19(15)30)20-27-12(7-23)11-28(20)21/h1-3,5,8,10-11H,4,6,9H2,30H3,(H,25,26). The number of rotatable bonds is 4. The maximum atomic E-state index is 14.5. The minimum absolute atomic E-state index is 0.249. The minimum Gasteiger partial charge on any atom is -0.493 e. The van der Waals surface area contributed by atoms with Crippen LogP contribution in [0.2, 0.25) is 0 Å². The van der Waals surface area contributed by atoms with Gasteiger partial charge >= 0.3 is 0 Å². The number of ether oxygens (including phenoxy) is 1. The summed E-state index contributed by atoms with van der Waals surface area (Å²) in [4.78, 5) is 13.2. The Hall–Kier alpha value is -3.77. The van der Waals surface area contributed by atoms with Crippen LogP contribution in [-0.2, 0) is 13.0 Å². The predicted octanol–water partition coefficient (Wildman–Crippen LogP) is 1.34. The quantitative estimate of drug-likeness (QED) is 0.505.